The Balaban J connectivity index is 1.91. The smallest absolute Gasteiger partial charge is 0.340 e. The zero-order valence-electron chi connectivity index (χ0n) is 12.4. The van der Waals surface area contributed by atoms with Crippen molar-refractivity contribution in [3.8, 4) is 0 Å². The Morgan fingerprint density at radius 2 is 1.91 bits per heavy atom. The Morgan fingerprint density at radius 3 is 2.57 bits per heavy atom. The summed E-state index contributed by atoms with van der Waals surface area (Å²) in [6.45, 7) is 1.83. The summed E-state index contributed by atoms with van der Waals surface area (Å²) in [6.07, 6.45) is -0.955. The van der Waals surface area contributed by atoms with Crippen LogP contribution in [0.4, 0.5) is 4.39 Å². The van der Waals surface area contributed by atoms with Gasteiger partial charge in [-0.1, -0.05) is 30.3 Å². The van der Waals surface area contributed by atoms with Crippen molar-refractivity contribution in [2.45, 2.75) is 19.6 Å². The number of benzene rings is 2. The highest BCUT2D eigenvalue weighted by atomic mass is 79.9. The molecule has 6 heteroatoms. The van der Waals surface area contributed by atoms with Crippen molar-refractivity contribution in [3.63, 3.8) is 0 Å². The molecule has 2 rings (SSSR count). The molecule has 0 fully saturated rings. The van der Waals surface area contributed by atoms with Crippen LogP contribution in [-0.2, 0) is 16.1 Å². The van der Waals surface area contributed by atoms with Gasteiger partial charge in [-0.2, -0.15) is 0 Å². The molecule has 4 nitrogen and oxygen atoms in total. The van der Waals surface area contributed by atoms with Gasteiger partial charge in [-0.15, -0.1) is 0 Å². The second-order valence-electron chi connectivity index (χ2n) is 4.88. The summed E-state index contributed by atoms with van der Waals surface area (Å²) >= 11 is 3.09. The fraction of sp³-hybridized carbons (Fsp3) is 0.176. The average Bonchev–Trinajstić information content (AvgIpc) is 2.53. The molecule has 1 amide bonds. The zero-order chi connectivity index (χ0) is 16.8. The topological polar surface area (TPSA) is 55.4 Å². The van der Waals surface area contributed by atoms with E-state index in [1.54, 1.807) is 0 Å². The maximum atomic E-state index is 13.0. The molecule has 0 aromatic heterocycles. The van der Waals surface area contributed by atoms with E-state index >= 15 is 0 Å². The van der Waals surface area contributed by atoms with Crippen molar-refractivity contribution < 1.29 is 18.7 Å². The molecule has 120 valence electrons. The largest absolute Gasteiger partial charge is 0.449 e. The Morgan fingerprint density at radius 1 is 1.22 bits per heavy atom. The van der Waals surface area contributed by atoms with Crippen molar-refractivity contribution in [1.29, 1.82) is 0 Å². The summed E-state index contributed by atoms with van der Waals surface area (Å²) in [6, 6.07) is 13.0. The molecule has 0 aliphatic rings. The first-order chi connectivity index (χ1) is 11.0. The maximum absolute atomic E-state index is 13.0. The number of hydrogen-bond acceptors (Lipinski definition) is 3. The van der Waals surface area contributed by atoms with Crippen LogP contribution in [-0.4, -0.2) is 18.0 Å². The lowest BCUT2D eigenvalue weighted by Crippen LogP contribution is -2.35. The molecule has 1 atom stereocenters. The van der Waals surface area contributed by atoms with Gasteiger partial charge >= 0.3 is 5.97 Å². The molecule has 1 N–H and O–H groups in total. The van der Waals surface area contributed by atoms with Crippen LogP contribution in [0.5, 0.6) is 0 Å². The van der Waals surface area contributed by atoms with Crippen LogP contribution < -0.4 is 5.32 Å². The van der Waals surface area contributed by atoms with Crippen LogP contribution >= 0.6 is 15.9 Å². The van der Waals surface area contributed by atoms with E-state index in [0.29, 0.717) is 6.54 Å². The molecule has 2 aromatic carbocycles. The molecule has 2 aromatic rings. The Hall–Kier alpha value is -2.21. The molecule has 0 spiro atoms. The monoisotopic (exact) mass is 379 g/mol. The highest BCUT2D eigenvalue weighted by Crippen LogP contribution is 2.19. The van der Waals surface area contributed by atoms with E-state index in [1.807, 2.05) is 30.3 Å². The number of nitrogens with one attached hydrogen (secondary N) is 1. The normalized spacial score (nSPS) is 11.6. The number of carbonyl (C=O) groups excluding carboxylic acids is 2. The summed E-state index contributed by atoms with van der Waals surface area (Å²) in [7, 11) is 0. The van der Waals surface area contributed by atoms with Gasteiger partial charge in [0.05, 0.1) is 5.56 Å². The minimum absolute atomic E-state index is 0.161. The van der Waals surface area contributed by atoms with Gasteiger partial charge in [-0.3, -0.25) is 4.79 Å². The summed E-state index contributed by atoms with van der Waals surface area (Å²) < 4.78 is 18.4. The average molecular weight is 380 g/mol. The molecular formula is C17H15BrFNO3. The van der Waals surface area contributed by atoms with Crippen molar-refractivity contribution in [2.75, 3.05) is 0 Å². The van der Waals surface area contributed by atoms with Gasteiger partial charge in [-0.25, -0.2) is 9.18 Å². The fourth-order valence-corrected chi connectivity index (χ4v) is 2.37. The second-order valence-corrected chi connectivity index (χ2v) is 5.73. The van der Waals surface area contributed by atoms with Crippen LogP contribution in [0.2, 0.25) is 0 Å². The van der Waals surface area contributed by atoms with Gasteiger partial charge < -0.3 is 10.1 Å². The van der Waals surface area contributed by atoms with Gasteiger partial charge in [0.25, 0.3) is 5.91 Å². The first-order valence-corrected chi connectivity index (χ1v) is 7.74. The van der Waals surface area contributed by atoms with Crippen LogP contribution in [0, 0.1) is 5.82 Å². The third-order valence-corrected chi connectivity index (χ3v) is 3.77. The summed E-state index contributed by atoms with van der Waals surface area (Å²) in [4.78, 5) is 24.0. The van der Waals surface area contributed by atoms with Crippen molar-refractivity contribution >= 4 is 27.8 Å². The Kier molecular flexibility index (Phi) is 5.87. The molecule has 23 heavy (non-hydrogen) atoms. The van der Waals surface area contributed by atoms with Crippen molar-refractivity contribution in [2.24, 2.45) is 0 Å². The number of rotatable bonds is 5. The molecule has 1 unspecified atom stereocenters. The predicted molar refractivity (Wildman–Crippen MR) is 87.3 cm³/mol. The Labute approximate surface area is 141 Å². The lowest BCUT2D eigenvalue weighted by atomic mass is 10.2. The molecule has 0 heterocycles. The summed E-state index contributed by atoms with van der Waals surface area (Å²) in [5.74, 6) is -1.57. The highest BCUT2D eigenvalue weighted by molar-refractivity contribution is 9.10. The predicted octanol–water partition coefficient (Wildman–Crippen LogP) is 3.45. The summed E-state index contributed by atoms with van der Waals surface area (Å²) in [5, 5.41) is 2.69. The van der Waals surface area contributed by atoms with Crippen molar-refractivity contribution in [1.82, 2.24) is 5.32 Å². The van der Waals surface area contributed by atoms with Crippen LogP contribution in [0.1, 0.15) is 22.8 Å². The number of carbonyl (C=O) groups is 2. The Bertz CT molecular complexity index is 706. The van der Waals surface area contributed by atoms with E-state index in [-0.39, 0.29) is 10.0 Å². The minimum Gasteiger partial charge on any atom is -0.449 e. The van der Waals surface area contributed by atoms with E-state index in [2.05, 4.69) is 21.2 Å². The van der Waals surface area contributed by atoms with Crippen LogP contribution in [0.15, 0.2) is 53.0 Å². The van der Waals surface area contributed by atoms with Crippen molar-refractivity contribution in [3.05, 3.63) is 69.9 Å². The second kappa shape index (κ2) is 7.87. The lowest BCUT2D eigenvalue weighted by Gasteiger charge is -2.14. The molecule has 0 aliphatic heterocycles. The van der Waals surface area contributed by atoms with Gasteiger partial charge in [0.1, 0.15) is 5.82 Å². The molecular weight excluding hydrogens is 365 g/mol. The highest BCUT2D eigenvalue weighted by Gasteiger charge is 2.20. The zero-order valence-corrected chi connectivity index (χ0v) is 14.0. The van der Waals surface area contributed by atoms with Gasteiger partial charge in [0, 0.05) is 11.0 Å². The van der Waals surface area contributed by atoms with E-state index in [9.17, 15) is 14.0 Å². The molecule has 0 bridgehead atoms. The van der Waals surface area contributed by atoms with Crippen LogP contribution in [0.3, 0.4) is 0 Å². The quantitative estimate of drug-likeness (QED) is 0.809. The maximum Gasteiger partial charge on any atom is 0.340 e. The number of esters is 1. The minimum atomic E-state index is -0.955. The summed E-state index contributed by atoms with van der Waals surface area (Å²) in [5.41, 5.74) is 1.11. The van der Waals surface area contributed by atoms with E-state index in [0.717, 1.165) is 17.7 Å². The van der Waals surface area contributed by atoms with E-state index < -0.39 is 23.8 Å². The fourth-order valence-electron chi connectivity index (χ4n) is 1.86. The van der Waals surface area contributed by atoms with Gasteiger partial charge in [0.15, 0.2) is 6.10 Å². The lowest BCUT2D eigenvalue weighted by molar-refractivity contribution is -0.129. The SMILES string of the molecule is CC(OC(=O)c1ccc(F)cc1Br)C(=O)NCc1ccccc1. The number of amides is 1. The van der Waals surface area contributed by atoms with E-state index in [1.165, 1.54) is 13.0 Å². The third-order valence-electron chi connectivity index (χ3n) is 3.11. The standard InChI is InChI=1S/C17H15BrFNO3/c1-11(16(21)20-10-12-5-3-2-4-6-12)23-17(22)14-8-7-13(19)9-15(14)18/h2-9,11H,10H2,1H3,(H,20,21). The van der Waals surface area contributed by atoms with E-state index in [4.69, 9.17) is 4.74 Å². The van der Waals surface area contributed by atoms with Gasteiger partial charge in [-0.05, 0) is 46.6 Å². The molecule has 0 aliphatic carbocycles. The third kappa shape index (κ3) is 4.89. The first kappa shape index (κ1) is 17.1. The number of ether oxygens (including phenoxy) is 1. The number of hydrogen-bond donors (Lipinski definition) is 1. The molecule has 0 saturated heterocycles. The first-order valence-electron chi connectivity index (χ1n) is 6.95. The molecule has 0 radical (unpaired) electrons. The van der Waals surface area contributed by atoms with Gasteiger partial charge in [0.2, 0.25) is 0 Å². The number of halogens is 2. The molecule has 0 saturated carbocycles. The van der Waals surface area contributed by atoms with Crippen LogP contribution in [0.25, 0.3) is 0 Å².